The lowest BCUT2D eigenvalue weighted by Gasteiger charge is -2.42. The van der Waals surface area contributed by atoms with Crippen LogP contribution >= 0.6 is 0 Å². The molecule has 1 aromatic carbocycles. The van der Waals surface area contributed by atoms with Gasteiger partial charge in [0.25, 0.3) is 5.91 Å². The summed E-state index contributed by atoms with van der Waals surface area (Å²) in [6.07, 6.45) is 5.26. The summed E-state index contributed by atoms with van der Waals surface area (Å²) in [4.78, 5) is 24.1. The molecule has 1 saturated heterocycles. The van der Waals surface area contributed by atoms with Crippen molar-refractivity contribution in [3.8, 4) is 11.3 Å². The second kappa shape index (κ2) is 9.38. The quantitative estimate of drug-likeness (QED) is 0.360. The number of benzene rings is 1. The zero-order chi connectivity index (χ0) is 26.4. The van der Waals surface area contributed by atoms with E-state index in [-0.39, 0.29) is 23.4 Å². The first-order chi connectivity index (χ1) is 18.3. The van der Waals surface area contributed by atoms with Gasteiger partial charge in [-0.2, -0.15) is 0 Å². The van der Waals surface area contributed by atoms with Crippen LogP contribution in [0.5, 0.6) is 0 Å². The predicted molar refractivity (Wildman–Crippen MR) is 144 cm³/mol. The van der Waals surface area contributed by atoms with Crippen molar-refractivity contribution in [3.63, 3.8) is 0 Å². The van der Waals surface area contributed by atoms with Crippen molar-refractivity contribution in [2.24, 2.45) is 0 Å². The molecule has 6 rings (SSSR count). The molecule has 0 unspecified atom stereocenters. The Morgan fingerprint density at radius 1 is 1.16 bits per heavy atom. The van der Waals surface area contributed by atoms with Gasteiger partial charge in [-0.25, -0.2) is 14.4 Å². The molecule has 196 valence electrons. The van der Waals surface area contributed by atoms with E-state index in [0.717, 1.165) is 35.6 Å². The van der Waals surface area contributed by atoms with Gasteiger partial charge >= 0.3 is 0 Å². The minimum absolute atomic E-state index is 0.0607. The number of pyridine rings is 2. The molecule has 9 nitrogen and oxygen atoms in total. The zero-order valence-corrected chi connectivity index (χ0v) is 21.6. The smallest absolute Gasteiger partial charge is 0.254 e. The number of morpholine rings is 1. The summed E-state index contributed by atoms with van der Waals surface area (Å²) in [6, 6.07) is 10.6. The lowest BCUT2D eigenvalue weighted by atomic mass is 9.96. The summed E-state index contributed by atoms with van der Waals surface area (Å²) in [7, 11) is 1.95. The second-order valence-electron chi connectivity index (χ2n) is 10.2. The van der Waals surface area contributed by atoms with Crippen LogP contribution in [0.25, 0.3) is 16.9 Å². The predicted octanol–water partition coefficient (Wildman–Crippen LogP) is 3.73. The number of hydrogen-bond acceptors (Lipinski definition) is 7. The van der Waals surface area contributed by atoms with Crippen LogP contribution in [0.15, 0.2) is 55.0 Å². The van der Waals surface area contributed by atoms with Crippen LogP contribution < -0.4 is 20.9 Å². The molecule has 0 radical (unpaired) electrons. The molecular formula is C28H30FN7O2. The van der Waals surface area contributed by atoms with Gasteiger partial charge in [0, 0.05) is 43.0 Å². The second-order valence-corrected chi connectivity index (χ2v) is 10.2. The topological polar surface area (TPSA) is 95.8 Å². The number of aromatic nitrogens is 3. The van der Waals surface area contributed by atoms with Crippen molar-refractivity contribution in [3.05, 3.63) is 71.9 Å². The normalized spacial score (nSPS) is 17.5. The number of rotatable bonds is 6. The minimum Gasteiger partial charge on any atom is -0.373 e. The summed E-state index contributed by atoms with van der Waals surface area (Å²) in [5.41, 5.74) is 5.20. The van der Waals surface area contributed by atoms with E-state index in [4.69, 9.17) is 4.74 Å². The highest BCUT2D eigenvalue weighted by atomic mass is 19.1. The number of imidazole rings is 1. The summed E-state index contributed by atoms with van der Waals surface area (Å²) < 4.78 is 21.5. The maximum atomic E-state index is 13.7. The molecule has 5 heterocycles. The van der Waals surface area contributed by atoms with E-state index in [2.05, 4.69) is 44.7 Å². The molecule has 0 saturated carbocycles. The standard InChI is InChI=1S/C28H30FN7O2/c1-28(2,30-3)23-16-35(10-11-38-23)18-4-7-24(31-13-18)34-21-6-5-19(20-14-33-27(37)26(20)21)22-15-32-25-12-17(29)8-9-36(22)25/h4-9,12-13,15,23,30H,10-11,14,16H2,1-3H3,(H,31,34)(H,33,37)/t23-/m1/s1. The van der Waals surface area contributed by atoms with Crippen LogP contribution in [0.2, 0.25) is 0 Å². The monoisotopic (exact) mass is 515 g/mol. The Labute approximate surface area is 220 Å². The van der Waals surface area contributed by atoms with Gasteiger partial charge in [0.05, 0.1) is 47.7 Å². The number of carbonyl (C=O) groups excluding carboxylic acids is 1. The Morgan fingerprint density at radius 2 is 2.03 bits per heavy atom. The van der Waals surface area contributed by atoms with E-state index in [1.807, 2.05) is 41.9 Å². The first-order valence-electron chi connectivity index (χ1n) is 12.7. The fourth-order valence-corrected chi connectivity index (χ4v) is 5.11. The highest BCUT2D eigenvalue weighted by Gasteiger charge is 2.33. The molecule has 0 spiro atoms. The molecular weight excluding hydrogens is 485 g/mol. The summed E-state index contributed by atoms with van der Waals surface area (Å²) in [5.74, 6) is 0.159. The molecule has 1 fully saturated rings. The largest absolute Gasteiger partial charge is 0.373 e. The molecule has 10 heteroatoms. The first kappa shape index (κ1) is 24.3. The Morgan fingerprint density at radius 3 is 2.82 bits per heavy atom. The fourth-order valence-electron chi connectivity index (χ4n) is 5.11. The van der Waals surface area contributed by atoms with Crippen molar-refractivity contribution >= 4 is 28.7 Å². The van der Waals surface area contributed by atoms with Gasteiger partial charge in [0.1, 0.15) is 17.3 Å². The number of nitrogens with one attached hydrogen (secondary N) is 3. The Balaban J connectivity index is 1.26. The molecule has 0 aliphatic carbocycles. The number of anilines is 3. The lowest BCUT2D eigenvalue weighted by Crippen LogP contribution is -2.57. The van der Waals surface area contributed by atoms with E-state index in [9.17, 15) is 9.18 Å². The van der Waals surface area contributed by atoms with E-state index < -0.39 is 0 Å². The molecule has 38 heavy (non-hydrogen) atoms. The summed E-state index contributed by atoms with van der Waals surface area (Å²) in [6.45, 7) is 6.91. The van der Waals surface area contributed by atoms with E-state index >= 15 is 0 Å². The first-order valence-corrected chi connectivity index (χ1v) is 12.7. The lowest BCUT2D eigenvalue weighted by molar-refractivity contribution is -0.0103. The van der Waals surface area contributed by atoms with Crippen LogP contribution in [0.4, 0.5) is 21.6 Å². The average Bonchev–Trinajstić information content (AvgIpc) is 3.53. The molecule has 1 amide bonds. The van der Waals surface area contributed by atoms with Gasteiger partial charge < -0.3 is 25.6 Å². The van der Waals surface area contributed by atoms with Crippen molar-refractivity contribution < 1.29 is 13.9 Å². The van der Waals surface area contributed by atoms with E-state index in [0.29, 0.717) is 35.9 Å². The van der Waals surface area contributed by atoms with Gasteiger partial charge in [-0.15, -0.1) is 0 Å². The molecule has 2 aliphatic heterocycles. The number of likely N-dealkylation sites (N-methyl/N-ethyl adjacent to an activating group) is 1. The number of nitrogens with zero attached hydrogens (tertiary/aromatic N) is 4. The number of halogens is 1. The third-order valence-electron chi connectivity index (χ3n) is 7.61. The number of hydrogen-bond donors (Lipinski definition) is 3. The van der Waals surface area contributed by atoms with Gasteiger partial charge in [-0.3, -0.25) is 9.20 Å². The van der Waals surface area contributed by atoms with Gasteiger partial charge in [0.15, 0.2) is 0 Å². The van der Waals surface area contributed by atoms with Crippen LogP contribution in [-0.2, 0) is 11.3 Å². The molecule has 4 aromatic rings. The van der Waals surface area contributed by atoms with Gasteiger partial charge in [-0.05, 0) is 50.7 Å². The third-order valence-corrected chi connectivity index (χ3v) is 7.61. The molecule has 3 aromatic heterocycles. The fraction of sp³-hybridized carbons (Fsp3) is 0.321. The van der Waals surface area contributed by atoms with E-state index in [1.165, 1.54) is 12.1 Å². The van der Waals surface area contributed by atoms with Crippen molar-refractivity contribution in [2.45, 2.75) is 32.0 Å². The highest BCUT2D eigenvalue weighted by Crippen LogP contribution is 2.35. The third kappa shape index (κ3) is 4.25. The molecule has 2 aliphatic rings. The minimum atomic E-state index is -0.343. The number of fused-ring (bicyclic) bond motifs is 2. The Kier molecular flexibility index (Phi) is 6.00. The maximum Gasteiger partial charge on any atom is 0.254 e. The van der Waals surface area contributed by atoms with Crippen LogP contribution in [0.3, 0.4) is 0 Å². The number of carbonyl (C=O) groups is 1. The molecule has 0 bridgehead atoms. The molecule has 1 atom stereocenters. The van der Waals surface area contributed by atoms with Gasteiger partial charge in [-0.1, -0.05) is 6.07 Å². The maximum absolute atomic E-state index is 13.7. The van der Waals surface area contributed by atoms with Crippen molar-refractivity contribution in [1.29, 1.82) is 0 Å². The summed E-state index contributed by atoms with van der Waals surface area (Å²) in [5, 5.41) is 9.60. The summed E-state index contributed by atoms with van der Waals surface area (Å²) >= 11 is 0. The Hall–Kier alpha value is -4.02. The number of amides is 1. The van der Waals surface area contributed by atoms with Crippen molar-refractivity contribution in [1.82, 2.24) is 25.0 Å². The average molecular weight is 516 g/mol. The number of ether oxygens (including phenoxy) is 1. The van der Waals surface area contributed by atoms with Crippen LogP contribution in [0.1, 0.15) is 29.8 Å². The van der Waals surface area contributed by atoms with Crippen molar-refractivity contribution in [2.75, 3.05) is 37.0 Å². The zero-order valence-electron chi connectivity index (χ0n) is 21.6. The Bertz CT molecular complexity index is 1520. The van der Waals surface area contributed by atoms with E-state index in [1.54, 1.807) is 12.4 Å². The van der Waals surface area contributed by atoms with Crippen LogP contribution in [-0.4, -0.2) is 58.7 Å². The van der Waals surface area contributed by atoms with Crippen LogP contribution in [0, 0.1) is 5.82 Å². The SMILES string of the molecule is CNC(C)(C)[C@H]1CN(c2ccc(Nc3ccc(-c4cnc5cc(F)ccn45)c4c3C(=O)NC4)nc2)CCO1. The van der Waals surface area contributed by atoms with Gasteiger partial charge in [0.2, 0.25) is 0 Å². The molecule has 3 N–H and O–H groups in total. The highest BCUT2D eigenvalue weighted by molar-refractivity contribution is 6.06.